The summed E-state index contributed by atoms with van der Waals surface area (Å²) in [5, 5.41) is 15.2. The zero-order valence-corrected chi connectivity index (χ0v) is 12.4. The number of hydrogen-bond acceptors (Lipinski definition) is 4. The molecule has 0 bridgehead atoms. The monoisotopic (exact) mass is 286 g/mol. The number of carbonyl (C=O) groups is 1. The van der Waals surface area contributed by atoms with Crippen molar-refractivity contribution in [3.8, 4) is 6.07 Å². The van der Waals surface area contributed by atoms with E-state index >= 15 is 0 Å². The molecule has 2 rings (SSSR count). The molecule has 0 aromatic heterocycles. The zero-order valence-electron chi connectivity index (χ0n) is 12.4. The van der Waals surface area contributed by atoms with E-state index < -0.39 is 0 Å². The van der Waals surface area contributed by atoms with Crippen LogP contribution in [-0.4, -0.2) is 43.5 Å². The van der Waals surface area contributed by atoms with Crippen molar-refractivity contribution in [3.05, 3.63) is 29.8 Å². The molecule has 0 radical (unpaired) electrons. The first-order valence-corrected chi connectivity index (χ1v) is 7.39. The number of likely N-dealkylation sites (N-methyl/N-ethyl adjacent to an activating group) is 1. The van der Waals surface area contributed by atoms with E-state index in [2.05, 4.69) is 16.7 Å². The highest BCUT2D eigenvalue weighted by Gasteiger charge is 2.16. The lowest BCUT2D eigenvalue weighted by atomic mass is 10.0. The molecule has 1 fully saturated rings. The number of nitrogens with one attached hydrogen (secondary N) is 2. The van der Waals surface area contributed by atoms with Gasteiger partial charge >= 0.3 is 0 Å². The molecule has 1 heterocycles. The van der Waals surface area contributed by atoms with Gasteiger partial charge in [0.2, 0.25) is 5.91 Å². The first kappa shape index (κ1) is 15.5. The summed E-state index contributed by atoms with van der Waals surface area (Å²) >= 11 is 0. The number of piperidine rings is 1. The van der Waals surface area contributed by atoms with Crippen LogP contribution in [0.3, 0.4) is 0 Å². The van der Waals surface area contributed by atoms with Crippen LogP contribution in [0.1, 0.15) is 24.8 Å². The SMILES string of the molecule is CN(CC(=O)Nc1cccc(C#N)c1)CC1CCCCN1. The molecule has 1 aromatic carbocycles. The average molecular weight is 286 g/mol. The Hall–Kier alpha value is -1.90. The molecular weight excluding hydrogens is 264 g/mol. The predicted octanol–water partition coefficient (Wildman–Crippen LogP) is 1.57. The van der Waals surface area contributed by atoms with Gasteiger partial charge in [-0.25, -0.2) is 0 Å². The number of amides is 1. The van der Waals surface area contributed by atoms with Gasteiger partial charge in [-0.3, -0.25) is 9.69 Å². The minimum Gasteiger partial charge on any atom is -0.325 e. The van der Waals surface area contributed by atoms with Crippen molar-refractivity contribution in [2.24, 2.45) is 0 Å². The van der Waals surface area contributed by atoms with Crippen LogP contribution in [0, 0.1) is 11.3 Å². The Morgan fingerprint density at radius 2 is 2.38 bits per heavy atom. The summed E-state index contributed by atoms with van der Waals surface area (Å²) in [4.78, 5) is 14.0. The second kappa shape index (κ2) is 7.77. The van der Waals surface area contributed by atoms with Gasteiger partial charge in [-0.1, -0.05) is 12.5 Å². The van der Waals surface area contributed by atoms with Crippen LogP contribution in [0.5, 0.6) is 0 Å². The van der Waals surface area contributed by atoms with Crippen LogP contribution in [0.4, 0.5) is 5.69 Å². The molecule has 1 amide bonds. The standard InChI is InChI=1S/C16H22N4O/c1-20(11-15-6-2-3-8-18-15)12-16(21)19-14-7-4-5-13(9-14)10-17/h4-5,7,9,15,18H,2-3,6,8,11-12H2,1H3,(H,19,21). The van der Waals surface area contributed by atoms with E-state index in [-0.39, 0.29) is 5.91 Å². The fourth-order valence-electron chi connectivity index (χ4n) is 2.63. The first-order valence-electron chi connectivity index (χ1n) is 7.39. The summed E-state index contributed by atoms with van der Waals surface area (Å²) in [7, 11) is 1.96. The maximum absolute atomic E-state index is 12.0. The maximum atomic E-state index is 12.0. The molecule has 5 nitrogen and oxygen atoms in total. The van der Waals surface area contributed by atoms with E-state index in [1.807, 2.05) is 11.9 Å². The number of hydrogen-bond donors (Lipinski definition) is 2. The molecule has 0 spiro atoms. The average Bonchev–Trinajstić information content (AvgIpc) is 2.48. The Balaban J connectivity index is 1.79. The largest absolute Gasteiger partial charge is 0.325 e. The summed E-state index contributed by atoms with van der Waals surface area (Å²) in [6, 6.07) is 9.51. The Labute approximate surface area is 125 Å². The molecule has 21 heavy (non-hydrogen) atoms. The van der Waals surface area contributed by atoms with E-state index in [9.17, 15) is 4.79 Å². The van der Waals surface area contributed by atoms with Gasteiger partial charge in [-0.2, -0.15) is 5.26 Å². The van der Waals surface area contributed by atoms with E-state index in [0.29, 0.717) is 23.8 Å². The predicted molar refractivity (Wildman–Crippen MR) is 82.9 cm³/mol. The lowest BCUT2D eigenvalue weighted by molar-refractivity contribution is -0.117. The van der Waals surface area contributed by atoms with Crippen LogP contribution >= 0.6 is 0 Å². The summed E-state index contributed by atoms with van der Waals surface area (Å²) in [6.07, 6.45) is 3.69. The summed E-state index contributed by atoms with van der Waals surface area (Å²) in [5.41, 5.74) is 1.22. The Morgan fingerprint density at radius 1 is 1.52 bits per heavy atom. The molecule has 1 atom stereocenters. The first-order chi connectivity index (χ1) is 10.2. The van der Waals surface area contributed by atoms with Crippen molar-refractivity contribution >= 4 is 11.6 Å². The van der Waals surface area contributed by atoms with E-state index in [0.717, 1.165) is 13.1 Å². The van der Waals surface area contributed by atoms with Gasteiger partial charge in [0.15, 0.2) is 0 Å². The number of rotatable bonds is 5. The number of carbonyl (C=O) groups excluding carboxylic acids is 1. The molecule has 1 unspecified atom stereocenters. The fraction of sp³-hybridized carbons (Fsp3) is 0.500. The third-order valence-electron chi connectivity index (χ3n) is 3.63. The molecule has 112 valence electrons. The minimum absolute atomic E-state index is 0.0524. The zero-order chi connectivity index (χ0) is 15.1. The second-order valence-corrected chi connectivity index (χ2v) is 5.58. The van der Waals surface area contributed by atoms with Gasteiger partial charge in [0.05, 0.1) is 18.2 Å². The Kier molecular flexibility index (Phi) is 5.73. The van der Waals surface area contributed by atoms with Crippen molar-refractivity contribution in [3.63, 3.8) is 0 Å². The quantitative estimate of drug-likeness (QED) is 0.862. The highest BCUT2D eigenvalue weighted by atomic mass is 16.2. The van der Waals surface area contributed by atoms with E-state index in [1.54, 1.807) is 24.3 Å². The lowest BCUT2D eigenvalue weighted by Crippen LogP contribution is -2.44. The summed E-state index contributed by atoms with van der Waals surface area (Å²) in [6.45, 7) is 2.31. The summed E-state index contributed by atoms with van der Waals surface area (Å²) in [5.74, 6) is -0.0524. The van der Waals surface area contributed by atoms with Crippen molar-refractivity contribution in [2.45, 2.75) is 25.3 Å². The summed E-state index contributed by atoms with van der Waals surface area (Å²) < 4.78 is 0. The maximum Gasteiger partial charge on any atom is 0.238 e. The number of anilines is 1. The van der Waals surface area contributed by atoms with Crippen LogP contribution in [-0.2, 0) is 4.79 Å². The van der Waals surface area contributed by atoms with Crippen molar-refractivity contribution in [1.29, 1.82) is 5.26 Å². The smallest absolute Gasteiger partial charge is 0.238 e. The van der Waals surface area contributed by atoms with Crippen molar-refractivity contribution in [2.75, 3.05) is 32.0 Å². The normalized spacial score (nSPS) is 18.2. The second-order valence-electron chi connectivity index (χ2n) is 5.58. The molecule has 0 saturated carbocycles. The molecule has 1 aromatic rings. The number of nitriles is 1. The Bertz CT molecular complexity index is 517. The fourth-order valence-corrected chi connectivity index (χ4v) is 2.63. The highest BCUT2D eigenvalue weighted by Crippen LogP contribution is 2.10. The van der Waals surface area contributed by atoms with Gasteiger partial charge in [-0.15, -0.1) is 0 Å². The molecule has 5 heteroatoms. The van der Waals surface area contributed by atoms with Gasteiger partial charge in [0.1, 0.15) is 0 Å². The van der Waals surface area contributed by atoms with Gasteiger partial charge in [0, 0.05) is 18.3 Å². The molecular formula is C16H22N4O. The third kappa shape index (κ3) is 5.18. The minimum atomic E-state index is -0.0524. The van der Waals surface area contributed by atoms with Crippen molar-refractivity contribution in [1.82, 2.24) is 10.2 Å². The molecule has 1 saturated heterocycles. The Morgan fingerprint density at radius 3 is 3.10 bits per heavy atom. The van der Waals surface area contributed by atoms with Crippen LogP contribution in [0.15, 0.2) is 24.3 Å². The van der Waals surface area contributed by atoms with Crippen LogP contribution in [0.2, 0.25) is 0 Å². The number of nitrogens with zero attached hydrogens (tertiary/aromatic N) is 2. The molecule has 0 aliphatic carbocycles. The highest BCUT2D eigenvalue weighted by molar-refractivity contribution is 5.92. The topological polar surface area (TPSA) is 68.2 Å². The van der Waals surface area contributed by atoms with Crippen LogP contribution in [0.25, 0.3) is 0 Å². The van der Waals surface area contributed by atoms with Crippen LogP contribution < -0.4 is 10.6 Å². The number of benzene rings is 1. The van der Waals surface area contributed by atoms with E-state index in [4.69, 9.17) is 5.26 Å². The van der Waals surface area contributed by atoms with Gasteiger partial charge in [0.25, 0.3) is 0 Å². The third-order valence-corrected chi connectivity index (χ3v) is 3.63. The lowest BCUT2D eigenvalue weighted by Gasteiger charge is -2.27. The molecule has 1 aliphatic heterocycles. The van der Waals surface area contributed by atoms with Crippen molar-refractivity contribution < 1.29 is 4.79 Å². The van der Waals surface area contributed by atoms with Gasteiger partial charge in [-0.05, 0) is 44.6 Å². The molecule has 1 aliphatic rings. The van der Waals surface area contributed by atoms with E-state index in [1.165, 1.54) is 19.3 Å². The van der Waals surface area contributed by atoms with Gasteiger partial charge < -0.3 is 10.6 Å². The molecule has 2 N–H and O–H groups in total.